The molecule has 0 aliphatic carbocycles. The number of hydrogen-bond acceptors (Lipinski definition) is 9. The second-order valence-electron chi connectivity index (χ2n) is 5.55. The van der Waals surface area contributed by atoms with E-state index >= 15 is 0 Å². The number of benzene rings is 1. The van der Waals surface area contributed by atoms with E-state index in [2.05, 4.69) is 26.1 Å². The Balaban J connectivity index is 2.79. The molecule has 0 N–H and O–H groups in total. The number of hydrogen-bond donors (Lipinski definition) is 0. The minimum atomic E-state index is -1.60. The van der Waals surface area contributed by atoms with Crippen LogP contribution >= 0.6 is 0 Å². The van der Waals surface area contributed by atoms with Gasteiger partial charge in [-0.15, -0.1) is 0 Å². The summed E-state index contributed by atoms with van der Waals surface area (Å²) in [5.74, 6) is 2.97. The molecule has 1 aromatic carbocycles. The molecule has 0 bridgehead atoms. The van der Waals surface area contributed by atoms with Crippen LogP contribution in [0.2, 0.25) is 0 Å². The molecule has 1 rings (SSSR count). The van der Waals surface area contributed by atoms with Gasteiger partial charge in [0.2, 0.25) is 0 Å². The molecule has 0 aliphatic rings. The Hall–Kier alpha value is -3.09. The van der Waals surface area contributed by atoms with Crippen molar-refractivity contribution >= 4 is 17.9 Å². The Morgan fingerprint density at radius 2 is 1.55 bits per heavy atom. The van der Waals surface area contributed by atoms with Crippen LogP contribution in [0.5, 0.6) is 5.75 Å². The number of carbonyl (C=O) groups excluding carboxylic acids is 3. The topological polar surface area (TPSA) is 107 Å². The third kappa shape index (κ3) is 8.64. The molecule has 0 fully saturated rings. The van der Waals surface area contributed by atoms with Gasteiger partial charge in [0.25, 0.3) is 6.10 Å². The van der Waals surface area contributed by atoms with Crippen molar-refractivity contribution in [3.8, 4) is 17.6 Å². The van der Waals surface area contributed by atoms with Gasteiger partial charge in [0, 0.05) is 12.3 Å². The van der Waals surface area contributed by atoms with Crippen molar-refractivity contribution in [2.75, 3.05) is 35.0 Å². The summed E-state index contributed by atoms with van der Waals surface area (Å²) in [5.41, 5.74) is 0.877. The molecular formula is C20H24O9. The third-order valence-corrected chi connectivity index (χ3v) is 3.60. The van der Waals surface area contributed by atoms with Crippen molar-refractivity contribution in [1.82, 2.24) is 0 Å². The normalized spacial score (nSPS) is 11.1. The zero-order valence-electron chi connectivity index (χ0n) is 16.8. The van der Waals surface area contributed by atoms with E-state index in [4.69, 9.17) is 14.2 Å². The molecule has 0 radical (unpaired) electrons. The highest BCUT2D eigenvalue weighted by Gasteiger charge is 2.32. The van der Waals surface area contributed by atoms with Gasteiger partial charge < -0.3 is 28.4 Å². The highest BCUT2D eigenvalue weighted by atomic mass is 16.6. The van der Waals surface area contributed by atoms with Crippen molar-refractivity contribution in [1.29, 1.82) is 0 Å². The van der Waals surface area contributed by atoms with Crippen LogP contribution in [0.25, 0.3) is 0 Å². The molecule has 9 nitrogen and oxygen atoms in total. The van der Waals surface area contributed by atoms with Gasteiger partial charge in [0.1, 0.15) is 5.75 Å². The largest absolute Gasteiger partial charge is 0.497 e. The Bertz CT molecular complexity index is 715. The maximum absolute atomic E-state index is 11.8. The first-order valence-electron chi connectivity index (χ1n) is 8.53. The molecule has 1 aromatic rings. The summed E-state index contributed by atoms with van der Waals surface area (Å²) in [4.78, 5) is 34.8. The number of carbonyl (C=O) groups is 3. The first-order valence-corrected chi connectivity index (χ1v) is 8.53. The molecule has 0 aromatic heterocycles. The van der Waals surface area contributed by atoms with E-state index in [1.165, 1.54) is 7.11 Å². The maximum atomic E-state index is 11.8. The van der Waals surface area contributed by atoms with Gasteiger partial charge >= 0.3 is 17.9 Å². The van der Waals surface area contributed by atoms with Crippen molar-refractivity contribution in [2.45, 2.75) is 25.2 Å². The van der Waals surface area contributed by atoms with E-state index in [-0.39, 0.29) is 19.6 Å². The predicted octanol–water partition coefficient (Wildman–Crippen LogP) is 0.878. The summed E-state index contributed by atoms with van der Waals surface area (Å²) in [5, 5.41) is 0. The summed E-state index contributed by atoms with van der Waals surface area (Å²) in [6.45, 7) is 0.238. The molecule has 0 heterocycles. The summed E-state index contributed by atoms with van der Waals surface area (Å²) in [6.07, 6.45) is -2.41. The molecule has 0 aliphatic heterocycles. The molecule has 29 heavy (non-hydrogen) atoms. The predicted molar refractivity (Wildman–Crippen MR) is 99.8 cm³/mol. The van der Waals surface area contributed by atoms with E-state index < -0.39 is 30.1 Å². The highest BCUT2D eigenvalue weighted by Crippen LogP contribution is 2.13. The lowest BCUT2D eigenvalue weighted by Crippen LogP contribution is -2.39. The van der Waals surface area contributed by atoms with Gasteiger partial charge in [-0.25, -0.2) is 14.4 Å². The summed E-state index contributed by atoms with van der Waals surface area (Å²) >= 11 is 0. The van der Waals surface area contributed by atoms with Gasteiger partial charge in [-0.3, -0.25) is 0 Å². The van der Waals surface area contributed by atoms with Gasteiger partial charge in [-0.05, 0) is 17.7 Å². The molecule has 9 heteroatoms. The quantitative estimate of drug-likeness (QED) is 0.183. The van der Waals surface area contributed by atoms with Crippen LogP contribution < -0.4 is 4.74 Å². The molecule has 0 saturated heterocycles. The van der Waals surface area contributed by atoms with Gasteiger partial charge in [-0.1, -0.05) is 18.1 Å². The lowest BCUT2D eigenvalue weighted by atomic mass is 10.2. The fraction of sp³-hybridized carbons (Fsp3) is 0.450. The van der Waals surface area contributed by atoms with Gasteiger partial charge in [0.15, 0.2) is 0 Å². The molecule has 0 saturated carbocycles. The van der Waals surface area contributed by atoms with Crippen LogP contribution in [0.4, 0.5) is 0 Å². The lowest BCUT2D eigenvalue weighted by molar-refractivity contribution is -0.176. The molecule has 158 valence electrons. The average Bonchev–Trinajstić information content (AvgIpc) is 2.76. The fourth-order valence-corrected chi connectivity index (χ4v) is 2.08. The molecule has 0 spiro atoms. The van der Waals surface area contributed by atoms with Crippen molar-refractivity contribution in [2.24, 2.45) is 0 Å². The van der Waals surface area contributed by atoms with E-state index in [1.807, 2.05) is 12.1 Å². The Morgan fingerprint density at radius 3 is 2.07 bits per heavy atom. The number of ether oxygens (including phenoxy) is 6. The minimum absolute atomic E-state index is 0.00218. The van der Waals surface area contributed by atoms with Crippen LogP contribution in [0.15, 0.2) is 24.3 Å². The lowest BCUT2D eigenvalue weighted by Gasteiger charge is -2.20. The average molecular weight is 408 g/mol. The van der Waals surface area contributed by atoms with Crippen LogP contribution in [-0.4, -0.2) is 65.2 Å². The number of esters is 3. The molecular weight excluding hydrogens is 384 g/mol. The summed E-state index contributed by atoms with van der Waals surface area (Å²) < 4.78 is 29.8. The van der Waals surface area contributed by atoms with Gasteiger partial charge in [-0.2, -0.15) is 0 Å². The van der Waals surface area contributed by atoms with Crippen LogP contribution in [-0.2, 0) is 44.7 Å². The summed E-state index contributed by atoms with van der Waals surface area (Å²) in [6, 6.07) is 7.24. The highest BCUT2D eigenvalue weighted by molar-refractivity contribution is 5.98. The molecule has 0 amide bonds. The molecule has 1 atom stereocenters. The van der Waals surface area contributed by atoms with E-state index in [1.54, 1.807) is 19.2 Å². The summed E-state index contributed by atoms with van der Waals surface area (Å²) in [7, 11) is 5.01. The fourth-order valence-electron chi connectivity index (χ4n) is 2.08. The maximum Gasteiger partial charge on any atom is 0.384 e. The smallest absolute Gasteiger partial charge is 0.384 e. The van der Waals surface area contributed by atoms with E-state index in [0.717, 1.165) is 19.8 Å². The van der Waals surface area contributed by atoms with E-state index in [9.17, 15) is 14.4 Å². The standard InChI is InChI=1S/C20H24O9/c1-24-15-10-8-14(9-11-15)12-28-13-16(6-5-7-17(21)25-2)29-18(19(22)26-3)20(23)27-4/h8-11,16,18H,6,12-13H2,1-4H3/t16-/m1/s1. The Kier molecular flexibility index (Phi) is 10.9. The Morgan fingerprint density at radius 1 is 0.931 bits per heavy atom. The van der Waals surface area contributed by atoms with Crippen molar-refractivity contribution < 1.29 is 42.8 Å². The van der Waals surface area contributed by atoms with E-state index in [0.29, 0.717) is 5.75 Å². The van der Waals surface area contributed by atoms with Crippen LogP contribution in [0, 0.1) is 11.8 Å². The number of rotatable bonds is 10. The zero-order chi connectivity index (χ0) is 21.6. The minimum Gasteiger partial charge on any atom is -0.497 e. The first kappa shape index (κ1) is 23.9. The number of methoxy groups -OCH3 is 4. The third-order valence-electron chi connectivity index (χ3n) is 3.60. The first-order chi connectivity index (χ1) is 13.9. The second kappa shape index (κ2) is 13.1. The monoisotopic (exact) mass is 408 g/mol. The Labute approximate surface area is 169 Å². The van der Waals surface area contributed by atoms with Crippen LogP contribution in [0.3, 0.4) is 0 Å². The second-order valence-corrected chi connectivity index (χ2v) is 5.55. The van der Waals surface area contributed by atoms with Crippen LogP contribution in [0.1, 0.15) is 12.0 Å². The zero-order valence-corrected chi connectivity index (χ0v) is 16.8. The molecule has 0 unspecified atom stereocenters. The SMILES string of the molecule is COC(=O)C#CC[C@H](COCc1ccc(OC)cc1)OC(C(=O)OC)C(=O)OC. The van der Waals surface area contributed by atoms with Gasteiger partial charge in [0.05, 0.1) is 47.8 Å². The van der Waals surface area contributed by atoms with Crippen molar-refractivity contribution in [3.63, 3.8) is 0 Å². The van der Waals surface area contributed by atoms with Crippen molar-refractivity contribution in [3.05, 3.63) is 29.8 Å².